The molecule has 1 aromatic rings. The summed E-state index contributed by atoms with van der Waals surface area (Å²) in [6, 6.07) is 9.01. The molecule has 0 aromatic heterocycles. The van der Waals surface area contributed by atoms with Crippen molar-refractivity contribution < 1.29 is 24.5 Å². The van der Waals surface area contributed by atoms with E-state index < -0.39 is 0 Å². The highest BCUT2D eigenvalue weighted by Gasteiger charge is 2.03. The second kappa shape index (κ2) is 35.2. The van der Waals surface area contributed by atoms with Crippen LogP contribution in [0.25, 0.3) is 0 Å². The predicted molar refractivity (Wildman–Crippen MR) is 115 cm³/mol. The molecule has 0 fully saturated rings. The van der Waals surface area contributed by atoms with Gasteiger partial charge >= 0.3 is 5.97 Å². The fourth-order valence-corrected chi connectivity index (χ4v) is 1.06. The predicted octanol–water partition coefficient (Wildman–Crippen LogP) is 4.65. The molecular weight excluding hydrogens is 344 g/mol. The number of esters is 1. The molecule has 5 nitrogen and oxygen atoms in total. The molecule has 27 heavy (non-hydrogen) atoms. The van der Waals surface area contributed by atoms with E-state index in [1.165, 1.54) is 0 Å². The van der Waals surface area contributed by atoms with Crippen LogP contribution in [0.2, 0.25) is 0 Å². The molecule has 1 aromatic carbocycles. The average Bonchev–Trinajstić information content (AvgIpc) is 2.69. The molecular formula is C22H40O5. The molecule has 0 radical (unpaired) electrons. The van der Waals surface area contributed by atoms with E-state index in [9.17, 15) is 4.79 Å². The number of hydrogen-bond donors (Lipinski definition) is 2. The summed E-state index contributed by atoms with van der Waals surface area (Å²) in [7, 11) is 0. The third-order valence-corrected chi connectivity index (χ3v) is 1.96. The van der Waals surface area contributed by atoms with Gasteiger partial charge in [-0.05, 0) is 46.2 Å². The van der Waals surface area contributed by atoms with Gasteiger partial charge in [0.2, 0.25) is 0 Å². The van der Waals surface area contributed by atoms with Crippen LogP contribution < -0.4 is 0 Å². The number of rotatable bonds is 6. The van der Waals surface area contributed by atoms with Gasteiger partial charge in [-0.15, -0.1) is 13.2 Å². The topological polar surface area (TPSA) is 76.0 Å². The quantitative estimate of drug-likeness (QED) is 0.551. The molecule has 2 N–H and O–H groups in total. The summed E-state index contributed by atoms with van der Waals surface area (Å²) in [4.78, 5) is 11.2. The highest BCUT2D eigenvalue weighted by atomic mass is 16.5. The maximum absolute atomic E-state index is 11.2. The molecule has 0 saturated carbocycles. The van der Waals surface area contributed by atoms with Crippen molar-refractivity contribution in [2.24, 2.45) is 0 Å². The summed E-state index contributed by atoms with van der Waals surface area (Å²) >= 11 is 0. The van der Waals surface area contributed by atoms with Crippen LogP contribution in [0.4, 0.5) is 0 Å². The van der Waals surface area contributed by atoms with E-state index in [0.717, 1.165) is 19.6 Å². The summed E-state index contributed by atoms with van der Waals surface area (Å²) in [5.41, 5.74) is 0.617. The Hall–Kier alpha value is -1.95. The van der Waals surface area contributed by atoms with Crippen molar-refractivity contribution in [3.05, 3.63) is 61.2 Å². The van der Waals surface area contributed by atoms with Crippen LogP contribution >= 0.6 is 0 Å². The molecule has 0 aliphatic carbocycles. The Bertz CT molecular complexity index is 381. The van der Waals surface area contributed by atoms with Crippen LogP contribution in [0.5, 0.6) is 0 Å². The van der Waals surface area contributed by atoms with E-state index in [2.05, 4.69) is 13.2 Å². The first-order valence-corrected chi connectivity index (χ1v) is 9.16. The van der Waals surface area contributed by atoms with Crippen LogP contribution in [0.1, 0.15) is 51.4 Å². The maximum atomic E-state index is 11.2. The Kier molecular flexibility index (Phi) is 42.6. The third kappa shape index (κ3) is 40.2. The van der Waals surface area contributed by atoms with Crippen LogP contribution in [0.3, 0.4) is 0 Å². The standard InChI is InChI=1S/C10H12O2.C4H10O.2C3H6.C2H6O2/c1-2-8-12-10(11)9-6-4-3-5-7-9;1-3-5-4-2;2*1-3-2;3-1-2-4/h3-7H,2,8H2,1H3;3-4H2,1-2H3;2*3H,1H2,2H3;3-4H,1-2H2. The van der Waals surface area contributed by atoms with Gasteiger partial charge in [-0.2, -0.15) is 0 Å². The van der Waals surface area contributed by atoms with Gasteiger partial charge in [0.15, 0.2) is 0 Å². The number of aliphatic hydroxyl groups is 2. The lowest BCUT2D eigenvalue weighted by Crippen LogP contribution is -2.05. The first kappa shape index (κ1) is 32.7. The lowest BCUT2D eigenvalue weighted by Gasteiger charge is -2.01. The zero-order chi connectivity index (χ0) is 21.8. The minimum Gasteiger partial charge on any atom is -0.462 e. The third-order valence-electron chi connectivity index (χ3n) is 1.96. The summed E-state index contributed by atoms with van der Waals surface area (Å²) in [6.45, 7) is 18.4. The Morgan fingerprint density at radius 1 is 0.963 bits per heavy atom. The smallest absolute Gasteiger partial charge is 0.338 e. The van der Waals surface area contributed by atoms with E-state index in [1.807, 2.05) is 52.8 Å². The van der Waals surface area contributed by atoms with Crippen molar-refractivity contribution in [2.75, 3.05) is 33.0 Å². The van der Waals surface area contributed by atoms with Gasteiger partial charge in [0, 0.05) is 13.2 Å². The second-order valence-electron chi connectivity index (χ2n) is 4.55. The molecule has 0 unspecified atom stereocenters. The lowest BCUT2D eigenvalue weighted by atomic mass is 10.2. The fourth-order valence-electron chi connectivity index (χ4n) is 1.06. The number of carbonyl (C=O) groups is 1. The van der Waals surface area contributed by atoms with Crippen molar-refractivity contribution >= 4 is 5.97 Å². The van der Waals surface area contributed by atoms with E-state index >= 15 is 0 Å². The van der Waals surface area contributed by atoms with Crippen molar-refractivity contribution in [1.29, 1.82) is 0 Å². The normalized spacial score (nSPS) is 7.81. The number of aliphatic hydroxyl groups excluding tert-OH is 2. The molecule has 0 aliphatic heterocycles. The summed E-state index contributed by atoms with van der Waals surface area (Å²) < 4.78 is 9.77. The monoisotopic (exact) mass is 384 g/mol. The number of ether oxygens (including phenoxy) is 2. The Balaban J connectivity index is -0.000000147. The van der Waals surface area contributed by atoms with E-state index in [-0.39, 0.29) is 19.2 Å². The van der Waals surface area contributed by atoms with Gasteiger partial charge in [0.25, 0.3) is 0 Å². The fraction of sp³-hybridized carbons (Fsp3) is 0.500. The minimum absolute atomic E-state index is 0.125. The Morgan fingerprint density at radius 3 is 1.63 bits per heavy atom. The van der Waals surface area contributed by atoms with Crippen LogP contribution in [-0.2, 0) is 9.47 Å². The summed E-state index contributed by atoms with van der Waals surface area (Å²) in [6.07, 6.45) is 4.36. The number of allylic oxidation sites excluding steroid dienone is 2. The molecule has 1 rings (SSSR count). The largest absolute Gasteiger partial charge is 0.462 e. The number of hydrogen-bond acceptors (Lipinski definition) is 5. The molecule has 158 valence electrons. The molecule has 0 aliphatic rings. The number of benzene rings is 1. The average molecular weight is 385 g/mol. The van der Waals surface area contributed by atoms with Gasteiger partial charge in [-0.1, -0.05) is 37.3 Å². The highest BCUT2D eigenvalue weighted by molar-refractivity contribution is 5.89. The minimum atomic E-state index is -0.238. The first-order valence-electron chi connectivity index (χ1n) is 9.16. The molecule has 0 spiro atoms. The molecule has 0 amide bonds. The summed E-state index contributed by atoms with van der Waals surface area (Å²) in [5.74, 6) is -0.238. The van der Waals surface area contributed by atoms with Gasteiger partial charge in [0.05, 0.1) is 25.4 Å². The van der Waals surface area contributed by atoms with Crippen molar-refractivity contribution in [3.8, 4) is 0 Å². The first-order chi connectivity index (χ1) is 13.0. The second-order valence-corrected chi connectivity index (χ2v) is 4.55. The molecule has 0 saturated heterocycles. The Morgan fingerprint density at radius 2 is 1.37 bits per heavy atom. The van der Waals surface area contributed by atoms with Crippen molar-refractivity contribution in [2.45, 2.75) is 41.0 Å². The zero-order valence-electron chi connectivity index (χ0n) is 17.8. The SMILES string of the molecule is C=CC.C=CC.CCCOC(=O)c1ccccc1.CCOCC.OCCO. The number of carbonyl (C=O) groups excluding carboxylic acids is 1. The maximum Gasteiger partial charge on any atom is 0.338 e. The van der Waals surface area contributed by atoms with Gasteiger partial charge in [-0.25, -0.2) is 4.79 Å². The van der Waals surface area contributed by atoms with Gasteiger partial charge in [-0.3, -0.25) is 0 Å². The van der Waals surface area contributed by atoms with Gasteiger partial charge in [0.1, 0.15) is 0 Å². The van der Waals surface area contributed by atoms with Crippen LogP contribution in [0, 0.1) is 0 Å². The van der Waals surface area contributed by atoms with Gasteiger partial charge < -0.3 is 19.7 Å². The van der Waals surface area contributed by atoms with E-state index in [0.29, 0.717) is 12.2 Å². The zero-order valence-corrected chi connectivity index (χ0v) is 17.8. The molecule has 0 bridgehead atoms. The van der Waals surface area contributed by atoms with Crippen molar-refractivity contribution in [1.82, 2.24) is 0 Å². The van der Waals surface area contributed by atoms with Crippen LogP contribution in [0.15, 0.2) is 55.6 Å². The van der Waals surface area contributed by atoms with Crippen molar-refractivity contribution in [3.63, 3.8) is 0 Å². The molecule has 5 heteroatoms. The van der Waals surface area contributed by atoms with E-state index in [4.69, 9.17) is 19.7 Å². The van der Waals surface area contributed by atoms with Crippen LogP contribution in [-0.4, -0.2) is 49.2 Å². The Labute approximate surface area is 166 Å². The lowest BCUT2D eigenvalue weighted by molar-refractivity contribution is 0.0505. The molecule has 0 atom stereocenters. The van der Waals surface area contributed by atoms with E-state index in [1.54, 1.807) is 24.3 Å². The molecule has 0 heterocycles. The summed E-state index contributed by atoms with van der Waals surface area (Å²) in [5, 5.41) is 15.2. The highest BCUT2D eigenvalue weighted by Crippen LogP contribution is 2.00.